The van der Waals surface area contributed by atoms with Crippen molar-refractivity contribution in [2.75, 3.05) is 6.61 Å². The average Bonchev–Trinajstić information content (AvgIpc) is 2.03. The SMILES string of the molecule is C=C(C)C(=O)C(C)(CC)OCC. The third-order valence-electron chi connectivity index (χ3n) is 2.01. The van der Waals surface area contributed by atoms with Gasteiger partial charge in [-0.15, -0.1) is 0 Å². The van der Waals surface area contributed by atoms with Crippen LogP contribution in [0, 0.1) is 0 Å². The maximum atomic E-state index is 11.6. The number of Topliss-reactive ketones (excluding diaryl/α,β-unsaturated/α-hetero) is 1. The summed E-state index contributed by atoms with van der Waals surface area (Å²) in [6.45, 7) is 11.5. The molecule has 2 heteroatoms. The molecule has 0 aliphatic heterocycles. The van der Waals surface area contributed by atoms with Gasteiger partial charge in [-0.25, -0.2) is 0 Å². The van der Waals surface area contributed by atoms with Gasteiger partial charge < -0.3 is 4.74 Å². The lowest BCUT2D eigenvalue weighted by molar-refractivity contribution is -0.138. The smallest absolute Gasteiger partial charge is 0.189 e. The molecule has 0 saturated heterocycles. The van der Waals surface area contributed by atoms with E-state index in [0.29, 0.717) is 18.6 Å². The van der Waals surface area contributed by atoms with Crippen molar-refractivity contribution in [1.82, 2.24) is 0 Å². The van der Waals surface area contributed by atoms with Crippen LogP contribution in [0.2, 0.25) is 0 Å². The molecule has 0 N–H and O–H groups in total. The van der Waals surface area contributed by atoms with Gasteiger partial charge in [0.25, 0.3) is 0 Å². The minimum absolute atomic E-state index is 0.00634. The zero-order valence-electron chi connectivity index (χ0n) is 8.44. The fraction of sp³-hybridized carbons (Fsp3) is 0.700. The molecule has 0 aliphatic carbocycles. The number of rotatable bonds is 5. The van der Waals surface area contributed by atoms with E-state index in [1.54, 1.807) is 6.92 Å². The number of ketones is 1. The molecule has 0 heterocycles. The van der Waals surface area contributed by atoms with Crippen molar-refractivity contribution < 1.29 is 9.53 Å². The van der Waals surface area contributed by atoms with E-state index in [0.717, 1.165) is 0 Å². The van der Waals surface area contributed by atoms with Crippen molar-refractivity contribution in [3.05, 3.63) is 12.2 Å². The molecule has 0 bridgehead atoms. The molecule has 12 heavy (non-hydrogen) atoms. The molecule has 0 amide bonds. The lowest BCUT2D eigenvalue weighted by Crippen LogP contribution is -2.38. The van der Waals surface area contributed by atoms with E-state index in [2.05, 4.69) is 6.58 Å². The van der Waals surface area contributed by atoms with Crippen molar-refractivity contribution in [3.63, 3.8) is 0 Å². The number of carbonyl (C=O) groups excluding carboxylic acids is 1. The minimum atomic E-state index is -0.666. The molecule has 2 nitrogen and oxygen atoms in total. The highest BCUT2D eigenvalue weighted by molar-refractivity contribution is 6.00. The average molecular weight is 170 g/mol. The highest BCUT2D eigenvalue weighted by Gasteiger charge is 2.31. The van der Waals surface area contributed by atoms with Crippen LogP contribution < -0.4 is 0 Å². The van der Waals surface area contributed by atoms with E-state index < -0.39 is 5.60 Å². The Morgan fingerprint density at radius 2 is 2.00 bits per heavy atom. The Kier molecular flexibility index (Phi) is 4.18. The Morgan fingerprint density at radius 3 is 2.25 bits per heavy atom. The molecule has 0 aromatic rings. The quantitative estimate of drug-likeness (QED) is 0.592. The summed E-state index contributed by atoms with van der Waals surface area (Å²) in [6, 6.07) is 0. The van der Waals surface area contributed by atoms with Gasteiger partial charge in [-0.1, -0.05) is 13.5 Å². The molecule has 0 rings (SSSR count). The van der Waals surface area contributed by atoms with E-state index in [4.69, 9.17) is 4.74 Å². The summed E-state index contributed by atoms with van der Waals surface area (Å²) in [5.74, 6) is 0.00634. The second kappa shape index (κ2) is 4.41. The lowest BCUT2D eigenvalue weighted by atomic mass is 9.93. The van der Waals surface area contributed by atoms with Crippen LogP contribution in [0.5, 0.6) is 0 Å². The molecule has 0 aromatic carbocycles. The summed E-state index contributed by atoms with van der Waals surface area (Å²) in [7, 11) is 0. The van der Waals surface area contributed by atoms with Crippen LogP contribution in [0.3, 0.4) is 0 Å². The van der Waals surface area contributed by atoms with Gasteiger partial charge in [-0.2, -0.15) is 0 Å². The largest absolute Gasteiger partial charge is 0.367 e. The van der Waals surface area contributed by atoms with E-state index in [1.165, 1.54) is 0 Å². The summed E-state index contributed by atoms with van der Waals surface area (Å²) in [5, 5.41) is 0. The van der Waals surface area contributed by atoms with Crippen molar-refractivity contribution in [1.29, 1.82) is 0 Å². The third-order valence-corrected chi connectivity index (χ3v) is 2.01. The van der Waals surface area contributed by atoms with Crippen molar-refractivity contribution >= 4 is 5.78 Å². The Hall–Kier alpha value is -0.630. The van der Waals surface area contributed by atoms with Gasteiger partial charge in [0.05, 0.1) is 0 Å². The second-order valence-electron chi connectivity index (χ2n) is 3.13. The van der Waals surface area contributed by atoms with E-state index in [-0.39, 0.29) is 5.78 Å². The minimum Gasteiger partial charge on any atom is -0.367 e. The monoisotopic (exact) mass is 170 g/mol. The first-order valence-corrected chi connectivity index (χ1v) is 4.32. The van der Waals surface area contributed by atoms with Crippen LogP contribution in [-0.2, 0) is 9.53 Å². The van der Waals surface area contributed by atoms with Gasteiger partial charge in [-0.3, -0.25) is 4.79 Å². The lowest BCUT2D eigenvalue weighted by Gasteiger charge is -2.26. The molecule has 1 unspecified atom stereocenters. The fourth-order valence-corrected chi connectivity index (χ4v) is 1.10. The van der Waals surface area contributed by atoms with Crippen LogP contribution in [0.4, 0.5) is 0 Å². The van der Waals surface area contributed by atoms with E-state index in [1.807, 2.05) is 20.8 Å². The standard InChI is InChI=1S/C10H18O2/c1-6-10(5,12-7-2)9(11)8(3)4/h3,6-7H2,1-2,4-5H3. The van der Waals surface area contributed by atoms with Gasteiger partial charge >= 0.3 is 0 Å². The molecule has 0 radical (unpaired) electrons. The Labute approximate surface area is 74.6 Å². The maximum absolute atomic E-state index is 11.6. The summed E-state index contributed by atoms with van der Waals surface area (Å²) >= 11 is 0. The Morgan fingerprint density at radius 1 is 1.50 bits per heavy atom. The zero-order chi connectivity index (χ0) is 9.78. The molecule has 70 valence electrons. The number of hydrogen-bond acceptors (Lipinski definition) is 2. The molecule has 1 atom stereocenters. The van der Waals surface area contributed by atoms with E-state index in [9.17, 15) is 4.79 Å². The van der Waals surface area contributed by atoms with Crippen molar-refractivity contribution in [2.24, 2.45) is 0 Å². The van der Waals surface area contributed by atoms with E-state index >= 15 is 0 Å². The highest BCUT2D eigenvalue weighted by Crippen LogP contribution is 2.19. The fourth-order valence-electron chi connectivity index (χ4n) is 1.10. The topological polar surface area (TPSA) is 26.3 Å². The van der Waals surface area contributed by atoms with Crippen LogP contribution in [0.15, 0.2) is 12.2 Å². The molecule has 0 aliphatic rings. The third kappa shape index (κ3) is 2.45. The summed E-state index contributed by atoms with van der Waals surface area (Å²) < 4.78 is 5.39. The highest BCUT2D eigenvalue weighted by atomic mass is 16.5. The molecule has 0 spiro atoms. The van der Waals surface area contributed by atoms with Gasteiger partial charge in [0.1, 0.15) is 5.60 Å². The summed E-state index contributed by atoms with van der Waals surface area (Å²) in [6.07, 6.45) is 0.687. The van der Waals surface area contributed by atoms with Gasteiger partial charge in [0.15, 0.2) is 5.78 Å². The van der Waals surface area contributed by atoms with Crippen molar-refractivity contribution in [2.45, 2.75) is 39.7 Å². The molecule has 0 saturated carbocycles. The molecule has 0 aromatic heterocycles. The first kappa shape index (κ1) is 11.4. The predicted octanol–water partition coefficient (Wildman–Crippen LogP) is 2.34. The summed E-state index contributed by atoms with van der Waals surface area (Å²) in [5.41, 5.74) is -0.103. The van der Waals surface area contributed by atoms with Crippen LogP contribution in [0.25, 0.3) is 0 Å². The predicted molar refractivity (Wildman–Crippen MR) is 50.1 cm³/mol. The van der Waals surface area contributed by atoms with Crippen LogP contribution >= 0.6 is 0 Å². The Bertz CT molecular complexity index is 184. The zero-order valence-corrected chi connectivity index (χ0v) is 8.44. The normalized spacial score (nSPS) is 15.3. The first-order valence-electron chi connectivity index (χ1n) is 4.32. The van der Waals surface area contributed by atoms with Crippen LogP contribution in [0.1, 0.15) is 34.1 Å². The first-order chi connectivity index (χ1) is 5.48. The second-order valence-corrected chi connectivity index (χ2v) is 3.13. The molecular formula is C10H18O2. The van der Waals surface area contributed by atoms with Gasteiger partial charge in [0, 0.05) is 6.61 Å². The number of hydrogen-bond donors (Lipinski definition) is 0. The van der Waals surface area contributed by atoms with Gasteiger partial charge in [-0.05, 0) is 32.8 Å². The molecular weight excluding hydrogens is 152 g/mol. The van der Waals surface area contributed by atoms with Gasteiger partial charge in [0.2, 0.25) is 0 Å². The number of carbonyl (C=O) groups is 1. The molecule has 0 fully saturated rings. The van der Waals surface area contributed by atoms with Crippen LogP contribution in [-0.4, -0.2) is 18.0 Å². The summed E-state index contributed by atoms with van der Waals surface area (Å²) in [4.78, 5) is 11.6. The number of ether oxygens (including phenoxy) is 1. The Balaban J connectivity index is 4.51. The van der Waals surface area contributed by atoms with Crippen molar-refractivity contribution in [3.8, 4) is 0 Å². The maximum Gasteiger partial charge on any atom is 0.189 e.